The molecule has 5 nitrogen and oxygen atoms in total. The van der Waals surface area contributed by atoms with Crippen LogP contribution in [0.1, 0.15) is 17.9 Å². The zero-order valence-electron chi connectivity index (χ0n) is 10.0. The SMILES string of the molecule is COCCC(=O)C(C#N)c1ccc2c(c1)OCO2. The summed E-state index contributed by atoms with van der Waals surface area (Å²) in [7, 11) is 1.52. The van der Waals surface area contributed by atoms with Crippen molar-refractivity contribution in [3.05, 3.63) is 23.8 Å². The first-order chi connectivity index (χ1) is 8.76. The predicted octanol–water partition coefficient (Wildman–Crippen LogP) is 1.63. The van der Waals surface area contributed by atoms with E-state index in [1.807, 2.05) is 6.07 Å². The molecule has 0 fully saturated rings. The van der Waals surface area contributed by atoms with E-state index in [-0.39, 0.29) is 19.0 Å². The van der Waals surface area contributed by atoms with Gasteiger partial charge in [0.2, 0.25) is 6.79 Å². The van der Waals surface area contributed by atoms with Crippen molar-refractivity contribution in [1.82, 2.24) is 0 Å². The summed E-state index contributed by atoms with van der Waals surface area (Å²) in [5.41, 5.74) is 0.628. The van der Waals surface area contributed by atoms with E-state index in [4.69, 9.17) is 19.5 Å². The van der Waals surface area contributed by atoms with Gasteiger partial charge in [0.15, 0.2) is 17.3 Å². The minimum atomic E-state index is -0.783. The summed E-state index contributed by atoms with van der Waals surface area (Å²) in [6.07, 6.45) is 0.225. The van der Waals surface area contributed by atoms with Crippen molar-refractivity contribution in [3.63, 3.8) is 0 Å². The van der Waals surface area contributed by atoms with Gasteiger partial charge >= 0.3 is 0 Å². The van der Waals surface area contributed by atoms with Gasteiger partial charge in [0.25, 0.3) is 0 Å². The molecule has 0 N–H and O–H groups in total. The average molecular weight is 247 g/mol. The summed E-state index contributed by atoms with van der Waals surface area (Å²) in [6, 6.07) is 7.13. The molecule has 2 rings (SSSR count). The number of rotatable bonds is 5. The third-order valence-electron chi connectivity index (χ3n) is 2.73. The van der Waals surface area contributed by atoms with Crippen molar-refractivity contribution in [1.29, 1.82) is 5.26 Å². The molecule has 5 heteroatoms. The van der Waals surface area contributed by atoms with E-state index in [9.17, 15) is 4.79 Å². The van der Waals surface area contributed by atoms with Crippen LogP contribution in [0.25, 0.3) is 0 Å². The zero-order valence-corrected chi connectivity index (χ0v) is 10.0. The van der Waals surface area contributed by atoms with Gasteiger partial charge in [-0.2, -0.15) is 5.26 Å². The number of carbonyl (C=O) groups is 1. The highest BCUT2D eigenvalue weighted by Crippen LogP contribution is 2.34. The molecule has 0 amide bonds. The Hall–Kier alpha value is -2.06. The normalized spacial score (nSPS) is 14.0. The molecule has 0 bridgehead atoms. The van der Waals surface area contributed by atoms with Crippen LogP contribution in [-0.4, -0.2) is 26.3 Å². The van der Waals surface area contributed by atoms with Crippen molar-refractivity contribution < 1.29 is 19.0 Å². The van der Waals surface area contributed by atoms with Gasteiger partial charge < -0.3 is 14.2 Å². The lowest BCUT2D eigenvalue weighted by Crippen LogP contribution is -2.12. The molecule has 1 aromatic rings. The van der Waals surface area contributed by atoms with Crippen LogP contribution in [0.2, 0.25) is 0 Å². The summed E-state index contributed by atoms with van der Waals surface area (Å²) in [6.45, 7) is 0.495. The second-order valence-electron chi connectivity index (χ2n) is 3.88. The van der Waals surface area contributed by atoms with Crippen LogP contribution in [0.3, 0.4) is 0 Å². The van der Waals surface area contributed by atoms with Crippen molar-refractivity contribution in [3.8, 4) is 17.6 Å². The van der Waals surface area contributed by atoms with Crippen LogP contribution in [0.15, 0.2) is 18.2 Å². The average Bonchev–Trinajstić information content (AvgIpc) is 2.84. The Labute approximate surface area is 105 Å². The third-order valence-corrected chi connectivity index (χ3v) is 2.73. The molecule has 18 heavy (non-hydrogen) atoms. The van der Waals surface area contributed by atoms with Crippen molar-refractivity contribution >= 4 is 5.78 Å². The fourth-order valence-corrected chi connectivity index (χ4v) is 1.77. The lowest BCUT2D eigenvalue weighted by molar-refractivity contribution is -0.120. The lowest BCUT2D eigenvalue weighted by Gasteiger charge is -2.09. The molecule has 0 radical (unpaired) electrons. The Morgan fingerprint density at radius 1 is 1.50 bits per heavy atom. The number of ether oxygens (including phenoxy) is 3. The maximum atomic E-state index is 11.9. The van der Waals surface area contributed by atoms with E-state index in [1.54, 1.807) is 18.2 Å². The summed E-state index contributed by atoms with van der Waals surface area (Å²) in [4.78, 5) is 11.9. The summed E-state index contributed by atoms with van der Waals surface area (Å²) < 4.78 is 15.3. The van der Waals surface area contributed by atoms with Crippen LogP contribution >= 0.6 is 0 Å². The van der Waals surface area contributed by atoms with Crippen molar-refractivity contribution in [2.24, 2.45) is 0 Å². The highest BCUT2D eigenvalue weighted by Gasteiger charge is 2.22. The number of Topliss-reactive ketones (excluding diaryl/α,β-unsaturated/α-hetero) is 1. The number of hydrogen-bond donors (Lipinski definition) is 0. The number of hydrogen-bond acceptors (Lipinski definition) is 5. The number of carbonyl (C=O) groups excluding carboxylic acids is 1. The molecule has 1 aliphatic heterocycles. The molecule has 0 saturated heterocycles. The number of methoxy groups -OCH3 is 1. The molecule has 1 atom stereocenters. The number of benzene rings is 1. The topological polar surface area (TPSA) is 68.6 Å². The Kier molecular flexibility index (Phi) is 3.80. The van der Waals surface area contributed by atoms with Gasteiger partial charge in [0, 0.05) is 13.5 Å². The first-order valence-electron chi connectivity index (χ1n) is 5.57. The second kappa shape index (κ2) is 5.52. The zero-order chi connectivity index (χ0) is 13.0. The first-order valence-corrected chi connectivity index (χ1v) is 5.57. The predicted molar refractivity (Wildman–Crippen MR) is 62.4 cm³/mol. The van der Waals surface area contributed by atoms with E-state index in [0.29, 0.717) is 23.7 Å². The van der Waals surface area contributed by atoms with Crippen LogP contribution in [0.4, 0.5) is 0 Å². The molecule has 0 aliphatic carbocycles. The van der Waals surface area contributed by atoms with Gasteiger partial charge in [-0.05, 0) is 17.7 Å². The number of ketones is 1. The quantitative estimate of drug-likeness (QED) is 0.791. The molecule has 1 unspecified atom stereocenters. The largest absolute Gasteiger partial charge is 0.454 e. The Bertz CT molecular complexity index is 492. The van der Waals surface area contributed by atoms with E-state index in [2.05, 4.69) is 0 Å². The fraction of sp³-hybridized carbons (Fsp3) is 0.385. The van der Waals surface area contributed by atoms with E-state index >= 15 is 0 Å². The second-order valence-corrected chi connectivity index (χ2v) is 3.88. The highest BCUT2D eigenvalue weighted by atomic mass is 16.7. The van der Waals surface area contributed by atoms with Gasteiger partial charge in [0.05, 0.1) is 12.7 Å². The molecule has 0 spiro atoms. The summed E-state index contributed by atoms with van der Waals surface area (Å²) >= 11 is 0. The minimum Gasteiger partial charge on any atom is -0.454 e. The highest BCUT2D eigenvalue weighted by molar-refractivity contribution is 5.88. The van der Waals surface area contributed by atoms with Gasteiger partial charge in [0.1, 0.15) is 5.92 Å². The maximum Gasteiger partial charge on any atom is 0.231 e. The number of fused-ring (bicyclic) bond motifs is 1. The Balaban J connectivity index is 2.18. The lowest BCUT2D eigenvalue weighted by atomic mass is 9.94. The van der Waals surface area contributed by atoms with Crippen LogP contribution in [0, 0.1) is 11.3 Å². The van der Waals surface area contributed by atoms with Gasteiger partial charge in [-0.3, -0.25) is 4.79 Å². The molecule has 1 heterocycles. The van der Waals surface area contributed by atoms with Crippen molar-refractivity contribution in [2.45, 2.75) is 12.3 Å². The molecule has 1 aliphatic rings. The summed E-state index contributed by atoms with van der Waals surface area (Å²) in [5.74, 6) is 0.278. The smallest absolute Gasteiger partial charge is 0.231 e. The van der Waals surface area contributed by atoms with Crippen LogP contribution in [0.5, 0.6) is 11.5 Å². The van der Waals surface area contributed by atoms with E-state index in [0.717, 1.165) is 0 Å². The molecule has 1 aromatic carbocycles. The number of nitrogens with zero attached hydrogens (tertiary/aromatic N) is 1. The Morgan fingerprint density at radius 2 is 2.28 bits per heavy atom. The Morgan fingerprint density at radius 3 is 3.00 bits per heavy atom. The van der Waals surface area contributed by atoms with Gasteiger partial charge in [-0.15, -0.1) is 0 Å². The van der Waals surface area contributed by atoms with Crippen LogP contribution in [-0.2, 0) is 9.53 Å². The van der Waals surface area contributed by atoms with Gasteiger partial charge in [-0.25, -0.2) is 0 Å². The van der Waals surface area contributed by atoms with E-state index in [1.165, 1.54) is 7.11 Å². The maximum absolute atomic E-state index is 11.9. The van der Waals surface area contributed by atoms with E-state index < -0.39 is 5.92 Å². The minimum absolute atomic E-state index is 0.154. The fourth-order valence-electron chi connectivity index (χ4n) is 1.77. The molecule has 0 aromatic heterocycles. The van der Waals surface area contributed by atoms with Crippen LogP contribution < -0.4 is 9.47 Å². The molecular formula is C13H13NO4. The molecule has 0 saturated carbocycles. The molecular weight excluding hydrogens is 234 g/mol. The monoisotopic (exact) mass is 247 g/mol. The number of nitriles is 1. The summed E-state index contributed by atoms with van der Waals surface area (Å²) in [5, 5.41) is 9.11. The first kappa shape index (κ1) is 12.4. The van der Waals surface area contributed by atoms with Crippen molar-refractivity contribution in [2.75, 3.05) is 20.5 Å². The standard InChI is InChI=1S/C13H13NO4/c1-16-5-4-11(15)10(7-14)9-2-3-12-13(6-9)18-8-17-12/h2-3,6,10H,4-5,8H2,1H3. The third kappa shape index (κ3) is 2.44. The molecule has 94 valence electrons. The van der Waals surface area contributed by atoms with Gasteiger partial charge in [-0.1, -0.05) is 6.07 Å².